The van der Waals surface area contributed by atoms with E-state index >= 15 is 0 Å². The van der Waals surface area contributed by atoms with Crippen LogP contribution in [-0.2, 0) is 11.3 Å². The van der Waals surface area contributed by atoms with Crippen molar-refractivity contribution in [1.82, 2.24) is 9.55 Å². The number of hydrogen-bond acceptors (Lipinski definition) is 4. The number of carbonyl (C=O) groups is 1. The summed E-state index contributed by atoms with van der Waals surface area (Å²) in [7, 11) is 0. The summed E-state index contributed by atoms with van der Waals surface area (Å²) >= 11 is 1.33. The van der Waals surface area contributed by atoms with Crippen molar-refractivity contribution in [2.45, 2.75) is 63.4 Å². The standard InChI is InChI=1S/C24H29N3O2S/c1-5-15-27-23(29)19-12-8-10-14-21(19)26-24(27)30-17(4)22(28)25-20-13-9-7-11-18(20)16(3)6-2/h7-14,16-17H,5-6,15H2,1-4H3,(H,25,28)/t16-,17-/m0/s1. The van der Waals surface area contributed by atoms with Gasteiger partial charge in [-0.15, -0.1) is 0 Å². The molecule has 2 atom stereocenters. The molecule has 0 spiro atoms. The van der Waals surface area contributed by atoms with Crippen LogP contribution in [0.5, 0.6) is 0 Å². The molecule has 0 unspecified atom stereocenters. The molecule has 0 bridgehead atoms. The van der Waals surface area contributed by atoms with E-state index in [4.69, 9.17) is 0 Å². The van der Waals surface area contributed by atoms with Crippen LogP contribution < -0.4 is 10.9 Å². The van der Waals surface area contributed by atoms with E-state index in [1.807, 2.05) is 50.2 Å². The first-order valence-electron chi connectivity index (χ1n) is 10.5. The highest BCUT2D eigenvalue weighted by Gasteiger charge is 2.20. The summed E-state index contributed by atoms with van der Waals surface area (Å²) in [4.78, 5) is 30.6. The van der Waals surface area contributed by atoms with Crippen LogP contribution in [0.1, 0.15) is 52.0 Å². The first kappa shape index (κ1) is 22.1. The minimum Gasteiger partial charge on any atom is -0.325 e. The Morgan fingerprint density at radius 1 is 1.10 bits per heavy atom. The van der Waals surface area contributed by atoms with E-state index in [1.54, 1.807) is 10.6 Å². The topological polar surface area (TPSA) is 64.0 Å². The monoisotopic (exact) mass is 423 g/mol. The van der Waals surface area contributed by atoms with Gasteiger partial charge in [0.25, 0.3) is 5.56 Å². The molecule has 0 saturated carbocycles. The highest BCUT2D eigenvalue weighted by molar-refractivity contribution is 8.00. The van der Waals surface area contributed by atoms with Gasteiger partial charge in [-0.05, 0) is 49.4 Å². The number of hydrogen-bond donors (Lipinski definition) is 1. The van der Waals surface area contributed by atoms with E-state index in [9.17, 15) is 9.59 Å². The molecule has 3 aromatic rings. The summed E-state index contributed by atoms with van der Waals surface area (Å²) in [6.07, 6.45) is 1.82. The molecule has 3 rings (SSSR count). The van der Waals surface area contributed by atoms with E-state index in [-0.39, 0.29) is 11.5 Å². The van der Waals surface area contributed by atoms with Gasteiger partial charge in [-0.25, -0.2) is 4.98 Å². The molecule has 0 fully saturated rings. The molecular weight excluding hydrogens is 394 g/mol. The molecule has 6 heteroatoms. The lowest BCUT2D eigenvalue weighted by atomic mass is 9.97. The van der Waals surface area contributed by atoms with Crippen LogP contribution in [0.25, 0.3) is 10.9 Å². The number of carbonyl (C=O) groups excluding carboxylic acids is 1. The first-order chi connectivity index (χ1) is 14.5. The van der Waals surface area contributed by atoms with Gasteiger partial charge in [0.2, 0.25) is 5.91 Å². The van der Waals surface area contributed by atoms with Gasteiger partial charge >= 0.3 is 0 Å². The van der Waals surface area contributed by atoms with Crippen molar-refractivity contribution in [1.29, 1.82) is 0 Å². The highest BCUT2D eigenvalue weighted by atomic mass is 32.2. The normalized spacial score (nSPS) is 13.2. The Balaban J connectivity index is 1.86. The predicted octanol–water partition coefficient (Wildman–Crippen LogP) is 5.44. The molecule has 0 radical (unpaired) electrons. The van der Waals surface area contributed by atoms with Crippen molar-refractivity contribution in [3.8, 4) is 0 Å². The van der Waals surface area contributed by atoms with Crippen LogP contribution in [0.3, 0.4) is 0 Å². The average molecular weight is 424 g/mol. The summed E-state index contributed by atoms with van der Waals surface area (Å²) in [6.45, 7) is 8.75. The van der Waals surface area contributed by atoms with Gasteiger partial charge in [0.15, 0.2) is 5.16 Å². The van der Waals surface area contributed by atoms with E-state index in [1.165, 1.54) is 11.8 Å². The molecule has 0 aliphatic rings. The molecule has 0 aliphatic carbocycles. The summed E-state index contributed by atoms with van der Waals surface area (Å²) in [5, 5.41) is 3.87. The van der Waals surface area contributed by atoms with Crippen molar-refractivity contribution in [2.24, 2.45) is 0 Å². The maximum absolute atomic E-state index is 13.0. The van der Waals surface area contributed by atoms with Crippen LogP contribution >= 0.6 is 11.8 Å². The van der Waals surface area contributed by atoms with Crippen molar-refractivity contribution < 1.29 is 4.79 Å². The second-order valence-electron chi connectivity index (χ2n) is 7.51. The van der Waals surface area contributed by atoms with E-state index in [0.717, 1.165) is 24.1 Å². The zero-order valence-corrected chi connectivity index (χ0v) is 18.8. The summed E-state index contributed by atoms with van der Waals surface area (Å²) in [5.74, 6) is 0.266. The van der Waals surface area contributed by atoms with Gasteiger partial charge in [-0.2, -0.15) is 0 Å². The van der Waals surface area contributed by atoms with Gasteiger partial charge in [-0.3, -0.25) is 14.2 Å². The summed E-state index contributed by atoms with van der Waals surface area (Å²) in [5.41, 5.74) is 2.59. The predicted molar refractivity (Wildman–Crippen MR) is 125 cm³/mol. The summed E-state index contributed by atoms with van der Waals surface area (Å²) in [6, 6.07) is 15.3. The number of benzene rings is 2. The Morgan fingerprint density at radius 2 is 1.80 bits per heavy atom. The molecule has 1 amide bonds. The lowest BCUT2D eigenvalue weighted by Gasteiger charge is -2.19. The minimum atomic E-state index is -0.397. The van der Waals surface area contributed by atoms with Gasteiger partial charge in [-0.1, -0.05) is 62.9 Å². The maximum Gasteiger partial charge on any atom is 0.262 e. The zero-order valence-electron chi connectivity index (χ0n) is 18.0. The average Bonchev–Trinajstić information content (AvgIpc) is 2.76. The molecule has 1 heterocycles. The Kier molecular flexibility index (Phi) is 7.32. The third kappa shape index (κ3) is 4.75. The molecule has 1 aromatic heterocycles. The number of anilines is 1. The highest BCUT2D eigenvalue weighted by Crippen LogP contribution is 2.28. The van der Waals surface area contributed by atoms with Crippen LogP contribution in [0, 0.1) is 0 Å². The number of aromatic nitrogens is 2. The number of rotatable bonds is 8. The number of nitrogens with one attached hydrogen (secondary N) is 1. The Morgan fingerprint density at radius 3 is 2.53 bits per heavy atom. The third-order valence-electron chi connectivity index (χ3n) is 5.29. The van der Waals surface area contributed by atoms with Gasteiger partial charge in [0, 0.05) is 12.2 Å². The van der Waals surface area contributed by atoms with E-state index in [2.05, 4.69) is 30.2 Å². The van der Waals surface area contributed by atoms with E-state index < -0.39 is 5.25 Å². The molecule has 2 aromatic carbocycles. The number of amides is 1. The van der Waals surface area contributed by atoms with Crippen LogP contribution in [0.15, 0.2) is 58.5 Å². The SMILES string of the molecule is CCCn1c(S[C@@H](C)C(=O)Nc2ccccc2[C@@H](C)CC)nc2ccccc2c1=O. The van der Waals surface area contributed by atoms with Crippen molar-refractivity contribution in [2.75, 3.05) is 5.32 Å². The molecular formula is C24H29N3O2S. The fraction of sp³-hybridized carbons (Fsp3) is 0.375. The lowest BCUT2D eigenvalue weighted by Crippen LogP contribution is -2.27. The summed E-state index contributed by atoms with van der Waals surface area (Å²) < 4.78 is 1.68. The number of fused-ring (bicyclic) bond motifs is 1. The quantitative estimate of drug-likeness (QED) is 0.387. The molecule has 158 valence electrons. The van der Waals surface area contributed by atoms with Gasteiger partial charge in [0.05, 0.1) is 16.2 Å². The minimum absolute atomic E-state index is 0.0559. The largest absolute Gasteiger partial charge is 0.325 e. The maximum atomic E-state index is 13.0. The number of para-hydroxylation sites is 2. The first-order valence-corrected chi connectivity index (χ1v) is 11.4. The van der Waals surface area contributed by atoms with Crippen LogP contribution in [-0.4, -0.2) is 20.7 Å². The zero-order chi connectivity index (χ0) is 21.7. The second kappa shape index (κ2) is 9.94. The van der Waals surface area contributed by atoms with Gasteiger partial charge < -0.3 is 5.32 Å². The molecule has 0 aliphatic heterocycles. The lowest BCUT2D eigenvalue weighted by molar-refractivity contribution is -0.115. The Labute approximate surface area is 181 Å². The van der Waals surface area contributed by atoms with E-state index in [0.29, 0.717) is 28.5 Å². The number of nitrogens with zero attached hydrogens (tertiary/aromatic N) is 2. The van der Waals surface area contributed by atoms with Crippen molar-refractivity contribution >= 4 is 34.3 Å². The fourth-order valence-electron chi connectivity index (χ4n) is 3.36. The molecule has 1 N–H and O–H groups in total. The van der Waals surface area contributed by atoms with Crippen LogP contribution in [0.2, 0.25) is 0 Å². The Bertz CT molecular complexity index is 1090. The molecule has 30 heavy (non-hydrogen) atoms. The van der Waals surface area contributed by atoms with Crippen molar-refractivity contribution in [3.63, 3.8) is 0 Å². The molecule has 0 saturated heterocycles. The number of thioether (sulfide) groups is 1. The fourth-order valence-corrected chi connectivity index (χ4v) is 4.30. The van der Waals surface area contributed by atoms with Gasteiger partial charge in [0.1, 0.15) is 0 Å². The van der Waals surface area contributed by atoms with Crippen LogP contribution in [0.4, 0.5) is 5.69 Å². The third-order valence-corrected chi connectivity index (χ3v) is 6.38. The van der Waals surface area contributed by atoms with Crippen molar-refractivity contribution in [3.05, 3.63) is 64.4 Å². The Hall–Kier alpha value is -2.60. The second-order valence-corrected chi connectivity index (χ2v) is 8.82. The smallest absolute Gasteiger partial charge is 0.262 e. The molecule has 5 nitrogen and oxygen atoms in total.